The van der Waals surface area contributed by atoms with Gasteiger partial charge in [0.25, 0.3) is 0 Å². The van der Waals surface area contributed by atoms with Gasteiger partial charge >= 0.3 is 0 Å². The zero-order valence-corrected chi connectivity index (χ0v) is 15.3. The highest BCUT2D eigenvalue weighted by atomic mass is 35.5. The molecule has 1 aliphatic heterocycles. The number of sulfonamides is 1. The second kappa shape index (κ2) is 8.99. The number of halogens is 1. The van der Waals surface area contributed by atoms with Gasteiger partial charge in [-0.1, -0.05) is 38.1 Å². The largest absolute Gasteiger partial charge is 0.380 e. The number of rotatable bonds is 6. The van der Waals surface area contributed by atoms with Gasteiger partial charge in [0.2, 0.25) is 10.0 Å². The van der Waals surface area contributed by atoms with Crippen molar-refractivity contribution < 1.29 is 13.2 Å². The molecule has 2 unspecified atom stereocenters. The first-order valence-electron chi connectivity index (χ1n) is 7.82. The summed E-state index contributed by atoms with van der Waals surface area (Å²) in [7, 11) is -3.36. The fourth-order valence-electron chi connectivity index (χ4n) is 2.53. The van der Waals surface area contributed by atoms with E-state index in [4.69, 9.17) is 10.5 Å². The van der Waals surface area contributed by atoms with E-state index in [1.807, 2.05) is 24.3 Å². The maximum Gasteiger partial charge on any atom is 0.216 e. The van der Waals surface area contributed by atoms with E-state index in [1.165, 1.54) is 5.56 Å². The van der Waals surface area contributed by atoms with Gasteiger partial charge in [0.05, 0.1) is 11.9 Å². The van der Waals surface area contributed by atoms with Gasteiger partial charge in [-0.25, -0.2) is 13.1 Å². The zero-order valence-electron chi connectivity index (χ0n) is 13.7. The smallest absolute Gasteiger partial charge is 0.216 e. The predicted molar refractivity (Wildman–Crippen MR) is 95.5 cm³/mol. The van der Waals surface area contributed by atoms with Gasteiger partial charge < -0.3 is 10.5 Å². The third kappa shape index (κ3) is 5.72. The maximum absolute atomic E-state index is 12.2. The molecular weight excluding hydrogens is 336 g/mol. The van der Waals surface area contributed by atoms with Crippen LogP contribution in [0.1, 0.15) is 49.8 Å². The molecule has 1 aromatic carbocycles. The van der Waals surface area contributed by atoms with Gasteiger partial charge in [0.15, 0.2) is 0 Å². The molecule has 1 fully saturated rings. The Balaban J connectivity index is 0.00000264. The molecule has 0 amide bonds. The van der Waals surface area contributed by atoms with Crippen LogP contribution in [0.15, 0.2) is 24.3 Å². The summed E-state index contributed by atoms with van der Waals surface area (Å²) < 4.78 is 32.3. The Hall–Kier alpha value is -0.660. The molecule has 3 N–H and O–H groups in total. The highest BCUT2D eigenvalue weighted by Crippen LogP contribution is 2.18. The summed E-state index contributed by atoms with van der Waals surface area (Å²) >= 11 is 0. The minimum Gasteiger partial charge on any atom is -0.380 e. The Morgan fingerprint density at radius 3 is 2.39 bits per heavy atom. The number of nitrogens with one attached hydrogen (secondary N) is 1. The van der Waals surface area contributed by atoms with Crippen LogP contribution in [0.4, 0.5) is 0 Å². The average molecular weight is 363 g/mol. The third-order valence-corrected chi connectivity index (χ3v) is 5.91. The van der Waals surface area contributed by atoms with E-state index in [0.717, 1.165) is 12.0 Å². The van der Waals surface area contributed by atoms with E-state index >= 15 is 0 Å². The molecule has 5 nitrogen and oxygen atoms in total. The molecular formula is C16H27ClN2O3S. The monoisotopic (exact) mass is 362 g/mol. The SMILES string of the molecule is CC(C)c1ccc(C(N)CNS(=O)(=O)C2CCCOC2)cc1.Cl. The normalized spacial score (nSPS) is 20.1. The minimum atomic E-state index is -3.36. The summed E-state index contributed by atoms with van der Waals surface area (Å²) in [5.74, 6) is 0.468. The highest BCUT2D eigenvalue weighted by molar-refractivity contribution is 7.90. The highest BCUT2D eigenvalue weighted by Gasteiger charge is 2.28. The molecule has 0 aliphatic carbocycles. The molecule has 2 atom stereocenters. The van der Waals surface area contributed by atoms with Crippen LogP contribution in [0, 0.1) is 0 Å². The van der Waals surface area contributed by atoms with Crippen LogP contribution in [0.5, 0.6) is 0 Å². The molecule has 23 heavy (non-hydrogen) atoms. The molecule has 0 bridgehead atoms. The number of ether oxygens (including phenoxy) is 1. The topological polar surface area (TPSA) is 81.4 Å². The molecule has 1 aromatic rings. The quantitative estimate of drug-likeness (QED) is 0.813. The maximum atomic E-state index is 12.2. The van der Waals surface area contributed by atoms with Crippen LogP contribution in [-0.2, 0) is 14.8 Å². The summed E-state index contributed by atoms with van der Waals surface area (Å²) in [5.41, 5.74) is 8.28. The zero-order chi connectivity index (χ0) is 16.2. The summed E-state index contributed by atoms with van der Waals surface area (Å²) in [6.45, 7) is 5.39. The first-order chi connectivity index (χ1) is 10.4. The molecule has 7 heteroatoms. The molecule has 1 heterocycles. The lowest BCUT2D eigenvalue weighted by Gasteiger charge is -2.23. The molecule has 0 saturated carbocycles. The van der Waals surface area contributed by atoms with E-state index in [1.54, 1.807) is 0 Å². The fraction of sp³-hybridized carbons (Fsp3) is 0.625. The third-order valence-electron chi connectivity index (χ3n) is 4.09. The Bertz CT molecular complexity index is 569. The van der Waals surface area contributed by atoms with Gasteiger partial charge in [-0.15, -0.1) is 12.4 Å². The first kappa shape index (κ1) is 20.4. The fourth-order valence-corrected chi connectivity index (χ4v) is 3.93. The predicted octanol–water partition coefficient (Wildman–Crippen LogP) is 2.33. The van der Waals surface area contributed by atoms with Gasteiger partial charge in [0.1, 0.15) is 0 Å². The second-order valence-corrected chi connectivity index (χ2v) is 8.21. The Kier molecular flexibility index (Phi) is 7.97. The molecule has 132 valence electrons. The number of hydrogen-bond donors (Lipinski definition) is 2. The van der Waals surface area contributed by atoms with Crippen molar-refractivity contribution in [3.63, 3.8) is 0 Å². The summed E-state index contributed by atoms with van der Waals surface area (Å²) in [6.07, 6.45) is 1.43. The van der Waals surface area contributed by atoms with E-state index in [0.29, 0.717) is 18.9 Å². The van der Waals surface area contributed by atoms with Crippen LogP contribution in [-0.4, -0.2) is 33.4 Å². The van der Waals surface area contributed by atoms with Crippen LogP contribution >= 0.6 is 12.4 Å². The van der Waals surface area contributed by atoms with Crippen molar-refractivity contribution in [2.24, 2.45) is 5.73 Å². The van der Waals surface area contributed by atoms with Crippen molar-refractivity contribution in [1.82, 2.24) is 4.72 Å². The van der Waals surface area contributed by atoms with Crippen LogP contribution in [0.25, 0.3) is 0 Å². The molecule has 2 rings (SSSR count). The summed E-state index contributed by atoms with van der Waals surface area (Å²) in [4.78, 5) is 0. The van der Waals surface area contributed by atoms with Crippen molar-refractivity contribution in [2.45, 2.75) is 43.9 Å². The van der Waals surface area contributed by atoms with Gasteiger partial charge in [0, 0.05) is 19.2 Å². The summed E-state index contributed by atoms with van der Waals surface area (Å²) in [6, 6.07) is 7.68. The molecule has 1 aliphatic rings. The Morgan fingerprint density at radius 1 is 1.26 bits per heavy atom. The van der Waals surface area contributed by atoms with E-state index < -0.39 is 15.3 Å². The van der Waals surface area contributed by atoms with Crippen molar-refractivity contribution in [2.75, 3.05) is 19.8 Å². The lowest BCUT2D eigenvalue weighted by molar-refractivity contribution is 0.0988. The molecule has 0 radical (unpaired) electrons. The van der Waals surface area contributed by atoms with Gasteiger partial charge in [-0.2, -0.15) is 0 Å². The molecule has 1 saturated heterocycles. The lowest BCUT2D eigenvalue weighted by atomic mass is 9.99. The van der Waals surface area contributed by atoms with E-state index in [9.17, 15) is 8.42 Å². The van der Waals surface area contributed by atoms with E-state index in [2.05, 4.69) is 18.6 Å². The van der Waals surface area contributed by atoms with Gasteiger partial charge in [-0.3, -0.25) is 0 Å². The lowest BCUT2D eigenvalue weighted by Crippen LogP contribution is -2.42. The van der Waals surface area contributed by atoms with E-state index in [-0.39, 0.29) is 31.6 Å². The standard InChI is InChI=1S/C16H26N2O3S.ClH/c1-12(2)13-5-7-14(8-6-13)16(17)10-18-22(19,20)15-4-3-9-21-11-15;/h5-8,12,15-16,18H,3-4,9-11,17H2,1-2H3;1H. The van der Waals surface area contributed by atoms with Crippen LogP contribution in [0.3, 0.4) is 0 Å². The number of nitrogens with two attached hydrogens (primary N) is 1. The number of benzene rings is 1. The first-order valence-corrected chi connectivity index (χ1v) is 9.36. The molecule has 0 spiro atoms. The average Bonchev–Trinajstić information content (AvgIpc) is 2.53. The van der Waals surface area contributed by atoms with Crippen molar-refractivity contribution in [3.8, 4) is 0 Å². The Morgan fingerprint density at radius 2 is 1.87 bits per heavy atom. The molecule has 0 aromatic heterocycles. The Labute approximate surface area is 145 Å². The number of hydrogen-bond acceptors (Lipinski definition) is 4. The second-order valence-electron chi connectivity index (χ2n) is 6.16. The van der Waals surface area contributed by atoms with Crippen LogP contribution < -0.4 is 10.5 Å². The summed E-state index contributed by atoms with van der Waals surface area (Å²) in [5, 5.41) is -0.461. The van der Waals surface area contributed by atoms with Gasteiger partial charge in [-0.05, 0) is 29.9 Å². The van der Waals surface area contributed by atoms with Crippen molar-refractivity contribution in [3.05, 3.63) is 35.4 Å². The van der Waals surface area contributed by atoms with Crippen molar-refractivity contribution in [1.29, 1.82) is 0 Å². The van der Waals surface area contributed by atoms with Crippen LogP contribution in [0.2, 0.25) is 0 Å². The van der Waals surface area contributed by atoms with Crippen molar-refractivity contribution >= 4 is 22.4 Å². The minimum absolute atomic E-state index is 0.